The average Bonchev–Trinajstić information content (AvgIpc) is 3.09. The summed E-state index contributed by atoms with van der Waals surface area (Å²) in [6.45, 7) is 0.726. The van der Waals surface area contributed by atoms with E-state index in [4.69, 9.17) is 4.74 Å². The van der Waals surface area contributed by atoms with E-state index in [9.17, 15) is 0 Å². The summed E-state index contributed by atoms with van der Waals surface area (Å²) in [5.74, 6) is 0.870. The topological polar surface area (TPSA) is 37.4 Å². The maximum Gasteiger partial charge on any atom is 0.183 e. The van der Waals surface area contributed by atoms with Gasteiger partial charge in [0.05, 0.1) is 12.8 Å². The second-order valence-electron chi connectivity index (χ2n) is 5.68. The Labute approximate surface area is 146 Å². The van der Waals surface area contributed by atoms with Gasteiger partial charge in [-0.2, -0.15) is 0 Å². The highest BCUT2D eigenvalue weighted by atomic mass is 32.1. The summed E-state index contributed by atoms with van der Waals surface area (Å²) < 4.78 is 5.25. The van der Waals surface area contributed by atoms with Crippen LogP contribution in [0.4, 0.5) is 10.8 Å². The fourth-order valence-electron chi connectivity index (χ4n) is 2.38. The summed E-state index contributed by atoms with van der Waals surface area (Å²) in [4.78, 5) is 6.76. The number of nitrogens with zero attached hydrogens (tertiary/aromatic N) is 2. The molecule has 0 saturated carbocycles. The molecule has 0 aliphatic rings. The van der Waals surface area contributed by atoms with E-state index >= 15 is 0 Å². The molecule has 2 aromatic carbocycles. The Bertz CT molecular complexity index is 796. The summed E-state index contributed by atoms with van der Waals surface area (Å²) in [6, 6.07) is 16.5. The highest BCUT2D eigenvalue weighted by Gasteiger charge is 2.05. The summed E-state index contributed by atoms with van der Waals surface area (Å²) in [5, 5.41) is 6.38. The molecule has 0 aliphatic heterocycles. The minimum Gasteiger partial charge on any atom is -0.497 e. The summed E-state index contributed by atoms with van der Waals surface area (Å²) in [6.07, 6.45) is 0. The highest BCUT2D eigenvalue weighted by Crippen LogP contribution is 2.27. The van der Waals surface area contributed by atoms with Gasteiger partial charge in [-0.05, 0) is 29.8 Å². The number of methoxy groups -OCH3 is 1. The molecule has 24 heavy (non-hydrogen) atoms. The van der Waals surface area contributed by atoms with E-state index in [1.807, 2.05) is 32.3 Å². The predicted octanol–water partition coefficient (Wildman–Crippen LogP) is 4.50. The third kappa shape index (κ3) is 3.86. The first-order valence-electron chi connectivity index (χ1n) is 7.76. The molecule has 0 atom stereocenters. The molecule has 3 aromatic rings. The Balaban J connectivity index is 1.66. The molecule has 1 aromatic heterocycles. The number of anilines is 2. The van der Waals surface area contributed by atoms with Crippen molar-refractivity contribution in [3.8, 4) is 17.0 Å². The van der Waals surface area contributed by atoms with Gasteiger partial charge in [-0.15, -0.1) is 11.3 Å². The van der Waals surface area contributed by atoms with Crippen LogP contribution in [0.5, 0.6) is 5.75 Å². The summed E-state index contributed by atoms with van der Waals surface area (Å²) >= 11 is 1.62. The van der Waals surface area contributed by atoms with Gasteiger partial charge >= 0.3 is 0 Å². The van der Waals surface area contributed by atoms with Crippen LogP contribution >= 0.6 is 11.3 Å². The number of benzene rings is 2. The smallest absolute Gasteiger partial charge is 0.183 e. The Kier molecular flexibility index (Phi) is 5.01. The molecule has 0 aliphatic carbocycles. The third-order valence-corrected chi connectivity index (χ3v) is 4.56. The van der Waals surface area contributed by atoms with Gasteiger partial charge in [0.15, 0.2) is 5.13 Å². The number of aromatic nitrogens is 1. The van der Waals surface area contributed by atoms with Gasteiger partial charge in [-0.1, -0.05) is 24.3 Å². The third-order valence-electron chi connectivity index (χ3n) is 3.76. The van der Waals surface area contributed by atoms with E-state index in [1.54, 1.807) is 18.4 Å². The van der Waals surface area contributed by atoms with E-state index in [1.165, 1.54) is 11.3 Å². The highest BCUT2D eigenvalue weighted by molar-refractivity contribution is 7.14. The molecular weight excluding hydrogens is 318 g/mol. The molecule has 124 valence electrons. The molecule has 0 saturated heterocycles. The van der Waals surface area contributed by atoms with E-state index in [0.717, 1.165) is 28.7 Å². The van der Waals surface area contributed by atoms with Crippen LogP contribution in [0.15, 0.2) is 53.9 Å². The molecule has 0 amide bonds. The van der Waals surface area contributed by atoms with Crippen molar-refractivity contribution in [2.45, 2.75) is 6.54 Å². The van der Waals surface area contributed by atoms with Crippen molar-refractivity contribution < 1.29 is 4.74 Å². The van der Waals surface area contributed by atoms with E-state index in [2.05, 4.69) is 50.9 Å². The van der Waals surface area contributed by atoms with Crippen molar-refractivity contribution in [2.24, 2.45) is 0 Å². The van der Waals surface area contributed by atoms with Crippen LogP contribution in [-0.4, -0.2) is 26.2 Å². The van der Waals surface area contributed by atoms with E-state index < -0.39 is 0 Å². The molecule has 0 fully saturated rings. The van der Waals surface area contributed by atoms with Gasteiger partial charge in [-0.25, -0.2) is 4.98 Å². The maximum atomic E-state index is 5.25. The Morgan fingerprint density at radius 1 is 1.12 bits per heavy atom. The van der Waals surface area contributed by atoms with Crippen molar-refractivity contribution in [1.29, 1.82) is 0 Å². The van der Waals surface area contributed by atoms with Gasteiger partial charge in [0.25, 0.3) is 0 Å². The number of ether oxygens (including phenoxy) is 1. The first-order valence-corrected chi connectivity index (χ1v) is 8.64. The normalized spacial score (nSPS) is 10.5. The Morgan fingerprint density at radius 3 is 2.62 bits per heavy atom. The lowest BCUT2D eigenvalue weighted by Crippen LogP contribution is -2.07. The van der Waals surface area contributed by atoms with Crippen molar-refractivity contribution in [3.63, 3.8) is 0 Å². The van der Waals surface area contributed by atoms with Crippen LogP contribution in [0.1, 0.15) is 5.56 Å². The van der Waals surface area contributed by atoms with Crippen molar-refractivity contribution >= 4 is 22.2 Å². The fourth-order valence-corrected chi connectivity index (χ4v) is 3.10. The van der Waals surface area contributed by atoms with E-state index in [0.29, 0.717) is 0 Å². The summed E-state index contributed by atoms with van der Waals surface area (Å²) in [7, 11) is 5.76. The minimum absolute atomic E-state index is 0.726. The van der Waals surface area contributed by atoms with Crippen LogP contribution in [-0.2, 0) is 6.54 Å². The van der Waals surface area contributed by atoms with E-state index in [-0.39, 0.29) is 0 Å². The number of rotatable bonds is 6. The zero-order valence-electron chi connectivity index (χ0n) is 14.1. The maximum absolute atomic E-state index is 5.25. The van der Waals surface area contributed by atoms with Crippen LogP contribution in [0.3, 0.4) is 0 Å². The number of hydrogen-bond donors (Lipinski definition) is 1. The molecular formula is C19H21N3OS. The van der Waals surface area contributed by atoms with Gasteiger partial charge < -0.3 is 15.0 Å². The summed E-state index contributed by atoms with van der Waals surface area (Å²) in [5.41, 5.74) is 4.48. The molecule has 1 heterocycles. The van der Waals surface area contributed by atoms with Crippen molar-refractivity contribution in [2.75, 3.05) is 31.4 Å². The largest absolute Gasteiger partial charge is 0.497 e. The number of nitrogens with one attached hydrogen (secondary N) is 1. The minimum atomic E-state index is 0.726. The van der Waals surface area contributed by atoms with Crippen LogP contribution in [0.25, 0.3) is 11.3 Å². The predicted molar refractivity (Wildman–Crippen MR) is 102 cm³/mol. The number of hydrogen-bond acceptors (Lipinski definition) is 5. The van der Waals surface area contributed by atoms with Crippen molar-refractivity contribution in [1.82, 2.24) is 4.98 Å². The molecule has 0 radical (unpaired) electrons. The first-order chi connectivity index (χ1) is 11.7. The Hall–Kier alpha value is -2.53. The SMILES string of the molecule is COc1cccc(CNc2nc(-c3ccc(N(C)C)cc3)cs2)c1. The van der Waals surface area contributed by atoms with Crippen LogP contribution < -0.4 is 15.0 Å². The zero-order valence-corrected chi connectivity index (χ0v) is 14.9. The molecule has 0 unspecified atom stereocenters. The van der Waals surface area contributed by atoms with Gasteiger partial charge in [0.1, 0.15) is 5.75 Å². The lowest BCUT2D eigenvalue weighted by Gasteiger charge is -2.12. The van der Waals surface area contributed by atoms with Crippen LogP contribution in [0, 0.1) is 0 Å². The molecule has 0 bridgehead atoms. The zero-order chi connectivity index (χ0) is 16.9. The lowest BCUT2D eigenvalue weighted by atomic mass is 10.1. The fraction of sp³-hybridized carbons (Fsp3) is 0.211. The number of thiazole rings is 1. The average molecular weight is 339 g/mol. The van der Waals surface area contributed by atoms with Crippen LogP contribution in [0.2, 0.25) is 0 Å². The molecule has 4 nitrogen and oxygen atoms in total. The Morgan fingerprint density at radius 2 is 1.92 bits per heavy atom. The molecule has 5 heteroatoms. The first kappa shape index (κ1) is 16.3. The quantitative estimate of drug-likeness (QED) is 0.718. The molecule has 3 rings (SSSR count). The second kappa shape index (κ2) is 7.36. The standard InChI is InChI=1S/C19H21N3OS/c1-22(2)16-9-7-15(8-10-16)18-13-24-19(21-18)20-12-14-5-4-6-17(11-14)23-3/h4-11,13H,12H2,1-3H3,(H,20,21). The van der Waals surface area contributed by atoms with Gasteiger partial charge in [0, 0.05) is 37.3 Å². The lowest BCUT2D eigenvalue weighted by molar-refractivity contribution is 0.414. The molecule has 1 N–H and O–H groups in total. The molecule has 0 spiro atoms. The van der Waals surface area contributed by atoms with Crippen molar-refractivity contribution in [3.05, 3.63) is 59.5 Å². The monoisotopic (exact) mass is 339 g/mol. The van der Waals surface area contributed by atoms with Gasteiger partial charge in [-0.3, -0.25) is 0 Å². The second-order valence-corrected chi connectivity index (χ2v) is 6.54. The van der Waals surface area contributed by atoms with Gasteiger partial charge in [0.2, 0.25) is 0 Å².